The largest absolute Gasteiger partial charge is 0.396 e. The van der Waals surface area contributed by atoms with E-state index in [1.54, 1.807) is 4.90 Å². The van der Waals surface area contributed by atoms with Crippen molar-refractivity contribution in [1.29, 1.82) is 0 Å². The number of nitrogens with one attached hydrogen (secondary N) is 1. The molecule has 1 aliphatic rings. The Labute approximate surface area is 134 Å². The highest BCUT2D eigenvalue weighted by atomic mass is 19.1. The number of carbonyl (C=O) groups excluding carboxylic acids is 1. The predicted molar refractivity (Wildman–Crippen MR) is 84.3 cm³/mol. The first-order valence-electron chi connectivity index (χ1n) is 7.83. The van der Waals surface area contributed by atoms with Crippen molar-refractivity contribution >= 4 is 11.7 Å². The predicted octanol–water partition coefficient (Wildman–Crippen LogP) is 2.28. The second kappa shape index (κ2) is 8.21. The number of halogens is 2. The van der Waals surface area contributed by atoms with Gasteiger partial charge >= 0.3 is 6.03 Å². The molecule has 0 spiro atoms. The lowest BCUT2D eigenvalue weighted by Crippen LogP contribution is -2.47. The zero-order valence-corrected chi connectivity index (χ0v) is 13.3. The minimum atomic E-state index is -0.654. The van der Waals surface area contributed by atoms with E-state index >= 15 is 0 Å². The van der Waals surface area contributed by atoms with Crippen molar-refractivity contribution in [3.8, 4) is 0 Å². The lowest BCUT2D eigenvalue weighted by Gasteiger charge is -2.36. The van der Waals surface area contributed by atoms with Gasteiger partial charge in [-0.3, -0.25) is 0 Å². The van der Waals surface area contributed by atoms with Crippen LogP contribution in [0.4, 0.5) is 19.3 Å². The summed E-state index contributed by atoms with van der Waals surface area (Å²) in [6, 6.07) is 2.94. The molecule has 2 N–H and O–H groups in total. The average molecular weight is 327 g/mol. The molecule has 0 radical (unpaired) electrons. The Morgan fingerprint density at radius 2 is 2.09 bits per heavy atom. The fourth-order valence-electron chi connectivity index (χ4n) is 2.80. The molecular weight excluding hydrogens is 304 g/mol. The highest BCUT2D eigenvalue weighted by Crippen LogP contribution is 2.19. The zero-order chi connectivity index (χ0) is 16.8. The van der Waals surface area contributed by atoms with E-state index in [2.05, 4.69) is 10.2 Å². The first-order chi connectivity index (χ1) is 11.0. The molecule has 1 aliphatic heterocycles. The topological polar surface area (TPSA) is 55.8 Å². The lowest BCUT2D eigenvalue weighted by atomic mass is 10.0. The average Bonchev–Trinajstić information content (AvgIpc) is 2.56. The van der Waals surface area contributed by atoms with E-state index in [-0.39, 0.29) is 12.3 Å². The number of carbonyl (C=O) groups is 1. The molecule has 0 aliphatic carbocycles. The van der Waals surface area contributed by atoms with Crippen LogP contribution in [0.5, 0.6) is 0 Å². The third kappa shape index (κ3) is 4.87. The molecule has 2 rings (SSSR count). The molecule has 0 unspecified atom stereocenters. The second-order valence-electron chi connectivity index (χ2n) is 5.83. The first kappa shape index (κ1) is 17.6. The Balaban J connectivity index is 1.85. The van der Waals surface area contributed by atoms with Gasteiger partial charge in [-0.15, -0.1) is 0 Å². The quantitative estimate of drug-likeness (QED) is 0.872. The number of anilines is 1. The summed E-state index contributed by atoms with van der Waals surface area (Å²) in [6.45, 7) is 2.13. The van der Waals surface area contributed by atoms with Gasteiger partial charge in [-0.2, -0.15) is 0 Å². The number of piperidine rings is 1. The Hall–Kier alpha value is -1.73. The van der Waals surface area contributed by atoms with Crippen molar-refractivity contribution in [1.82, 2.24) is 9.80 Å². The van der Waals surface area contributed by atoms with Crippen molar-refractivity contribution < 1.29 is 18.7 Å². The van der Waals surface area contributed by atoms with Crippen LogP contribution >= 0.6 is 0 Å². The standard InChI is InChI=1S/C16H23F2N3O2/c1-20(7-2-10-22)13-5-8-21(9-6-13)16(23)19-15-11-12(17)3-4-14(15)18/h3-4,11,13,22H,2,5-10H2,1H3,(H,19,23). The molecule has 1 heterocycles. The van der Waals surface area contributed by atoms with Gasteiger partial charge in [0.2, 0.25) is 0 Å². The Kier molecular flexibility index (Phi) is 6.29. The van der Waals surface area contributed by atoms with E-state index in [1.165, 1.54) is 0 Å². The number of aliphatic hydroxyl groups excluding tert-OH is 1. The van der Waals surface area contributed by atoms with Crippen LogP contribution in [0.2, 0.25) is 0 Å². The van der Waals surface area contributed by atoms with E-state index in [0.717, 1.165) is 44.0 Å². The van der Waals surface area contributed by atoms with Gasteiger partial charge in [0.05, 0.1) is 5.69 Å². The smallest absolute Gasteiger partial charge is 0.321 e. The van der Waals surface area contributed by atoms with Gasteiger partial charge in [-0.1, -0.05) is 0 Å². The summed E-state index contributed by atoms with van der Waals surface area (Å²) in [5, 5.41) is 11.3. The summed E-state index contributed by atoms with van der Waals surface area (Å²) in [6.07, 6.45) is 2.37. The number of hydrogen-bond acceptors (Lipinski definition) is 3. The van der Waals surface area contributed by atoms with Crippen molar-refractivity contribution in [2.45, 2.75) is 25.3 Å². The van der Waals surface area contributed by atoms with Crippen LogP contribution < -0.4 is 5.32 Å². The molecular formula is C16H23F2N3O2. The van der Waals surface area contributed by atoms with Crippen LogP contribution in [0.3, 0.4) is 0 Å². The fourth-order valence-corrected chi connectivity index (χ4v) is 2.80. The van der Waals surface area contributed by atoms with Gasteiger partial charge in [-0.25, -0.2) is 13.6 Å². The van der Waals surface area contributed by atoms with Crippen LogP contribution in [0.25, 0.3) is 0 Å². The number of hydrogen-bond donors (Lipinski definition) is 2. The first-order valence-corrected chi connectivity index (χ1v) is 7.83. The Morgan fingerprint density at radius 3 is 2.74 bits per heavy atom. The number of aliphatic hydroxyl groups is 1. The third-order valence-corrected chi connectivity index (χ3v) is 4.21. The van der Waals surface area contributed by atoms with E-state index in [9.17, 15) is 13.6 Å². The van der Waals surface area contributed by atoms with Crippen LogP contribution in [-0.2, 0) is 0 Å². The molecule has 0 aromatic heterocycles. The molecule has 1 aromatic rings. The molecule has 1 aromatic carbocycles. The maximum absolute atomic E-state index is 13.6. The molecule has 0 bridgehead atoms. The molecule has 7 heteroatoms. The normalized spacial score (nSPS) is 16.0. The van der Waals surface area contributed by atoms with Crippen LogP contribution in [-0.4, -0.2) is 60.3 Å². The summed E-state index contributed by atoms with van der Waals surface area (Å²) in [7, 11) is 2.01. The zero-order valence-electron chi connectivity index (χ0n) is 13.3. The number of rotatable bonds is 5. The molecule has 0 saturated carbocycles. The second-order valence-corrected chi connectivity index (χ2v) is 5.83. The highest BCUT2D eigenvalue weighted by Gasteiger charge is 2.25. The molecule has 2 amide bonds. The molecule has 23 heavy (non-hydrogen) atoms. The Bertz CT molecular complexity index is 534. The Morgan fingerprint density at radius 1 is 1.39 bits per heavy atom. The van der Waals surface area contributed by atoms with Gasteiger partial charge in [0.1, 0.15) is 11.6 Å². The molecule has 1 saturated heterocycles. The van der Waals surface area contributed by atoms with Gasteiger partial charge in [0, 0.05) is 38.3 Å². The monoisotopic (exact) mass is 327 g/mol. The summed E-state index contributed by atoms with van der Waals surface area (Å²) >= 11 is 0. The maximum atomic E-state index is 13.6. The summed E-state index contributed by atoms with van der Waals surface area (Å²) in [4.78, 5) is 16.0. The van der Waals surface area contributed by atoms with Crippen LogP contribution in [0, 0.1) is 11.6 Å². The van der Waals surface area contributed by atoms with Crippen molar-refractivity contribution in [2.24, 2.45) is 0 Å². The molecule has 5 nitrogen and oxygen atoms in total. The van der Waals surface area contributed by atoms with Crippen molar-refractivity contribution in [3.63, 3.8) is 0 Å². The van der Waals surface area contributed by atoms with Crippen LogP contribution in [0.1, 0.15) is 19.3 Å². The lowest BCUT2D eigenvalue weighted by molar-refractivity contribution is 0.134. The summed E-state index contributed by atoms with van der Waals surface area (Å²) in [5.41, 5.74) is -0.141. The number of urea groups is 1. The molecule has 0 atom stereocenters. The van der Waals surface area contributed by atoms with Crippen molar-refractivity contribution in [2.75, 3.05) is 38.6 Å². The van der Waals surface area contributed by atoms with Crippen molar-refractivity contribution in [3.05, 3.63) is 29.8 Å². The van der Waals surface area contributed by atoms with E-state index in [4.69, 9.17) is 5.11 Å². The summed E-state index contributed by atoms with van der Waals surface area (Å²) < 4.78 is 26.7. The minimum Gasteiger partial charge on any atom is -0.396 e. The highest BCUT2D eigenvalue weighted by molar-refractivity contribution is 5.89. The number of amides is 2. The minimum absolute atomic E-state index is 0.141. The third-order valence-electron chi connectivity index (χ3n) is 4.21. The van der Waals surface area contributed by atoms with E-state index in [0.29, 0.717) is 19.1 Å². The van der Waals surface area contributed by atoms with E-state index in [1.807, 2.05) is 7.05 Å². The van der Waals surface area contributed by atoms with E-state index < -0.39 is 17.7 Å². The van der Waals surface area contributed by atoms with Gasteiger partial charge in [-0.05, 0) is 38.4 Å². The SMILES string of the molecule is CN(CCCO)C1CCN(C(=O)Nc2cc(F)ccc2F)CC1. The number of likely N-dealkylation sites (tertiary alicyclic amines) is 1. The van der Waals surface area contributed by atoms with Gasteiger partial charge in [0.25, 0.3) is 0 Å². The fraction of sp³-hybridized carbons (Fsp3) is 0.562. The molecule has 128 valence electrons. The van der Waals surface area contributed by atoms with Gasteiger partial charge < -0.3 is 20.2 Å². The molecule has 1 fully saturated rings. The number of benzene rings is 1. The number of nitrogens with zero attached hydrogens (tertiary/aromatic N) is 2. The van der Waals surface area contributed by atoms with Gasteiger partial charge in [0.15, 0.2) is 0 Å². The maximum Gasteiger partial charge on any atom is 0.321 e. The summed E-state index contributed by atoms with van der Waals surface area (Å²) in [5.74, 6) is -1.25. The van der Waals surface area contributed by atoms with Crippen LogP contribution in [0.15, 0.2) is 18.2 Å².